The molecule has 2 aromatic rings. The highest BCUT2D eigenvalue weighted by Crippen LogP contribution is 2.34. The number of alkyl halides is 3. The van der Waals surface area contributed by atoms with Crippen molar-refractivity contribution < 1.29 is 17.9 Å². The highest BCUT2D eigenvalue weighted by atomic mass is 19.4. The van der Waals surface area contributed by atoms with E-state index >= 15 is 0 Å². The van der Waals surface area contributed by atoms with Crippen molar-refractivity contribution in [2.24, 2.45) is 0 Å². The molecule has 1 heterocycles. The number of halogens is 3. The Bertz CT molecular complexity index is 637. The van der Waals surface area contributed by atoms with E-state index in [0.29, 0.717) is 5.56 Å². The SMILES string of the molecule is FC(F)(F)Oc1ccccc1-c1ccc2c(c1)CNC2. The smallest absolute Gasteiger partial charge is 0.405 e. The minimum Gasteiger partial charge on any atom is -0.405 e. The monoisotopic (exact) mass is 279 g/mol. The molecule has 0 spiro atoms. The van der Waals surface area contributed by atoms with Crippen molar-refractivity contribution in [3.05, 3.63) is 53.6 Å². The van der Waals surface area contributed by atoms with Crippen LogP contribution in [0.1, 0.15) is 11.1 Å². The molecular formula is C15H12F3NO. The molecule has 0 unspecified atom stereocenters. The average Bonchev–Trinajstić information content (AvgIpc) is 2.84. The van der Waals surface area contributed by atoms with Crippen LogP contribution in [0.15, 0.2) is 42.5 Å². The first-order valence-corrected chi connectivity index (χ1v) is 6.20. The number of para-hydroxylation sites is 1. The summed E-state index contributed by atoms with van der Waals surface area (Å²) in [6, 6.07) is 11.9. The maximum absolute atomic E-state index is 12.4. The fourth-order valence-corrected chi connectivity index (χ4v) is 2.38. The molecule has 1 aliphatic rings. The van der Waals surface area contributed by atoms with Gasteiger partial charge in [-0.1, -0.05) is 30.3 Å². The third-order valence-corrected chi connectivity index (χ3v) is 3.26. The summed E-state index contributed by atoms with van der Waals surface area (Å²) in [6.07, 6.45) is -4.69. The van der Waals surface area contributed by atoms with Gasteiger partial charge in [0.05, 0.1) is 0 Å². The van der Waals surface area contributed by atoms with E-state index in [1.165, 1.54) is 17.7 Å². The lowest BCUT2D eigenvalue weighted by Crippen LogP contribution is -2.17. The quantitative estimate of drug-likeness (QED) is 0.901. The summed E-state index contributed by atoms with van der Waals surface area (Å²) < 4.78 is 41.4. The van der Waals surface area contributed by atoms with Crippen molar-refractivity contribution in [3.63, 3.8) is 0 Å². The second-order valence-electron chi connectivity index (χ2n) is 4.63. The molecule has 0 atom stereocenters. The molecule has 0 saturated carbocycles. The fraction of sp³-hybridized carbons (Fsp3) is 0.200. The molecule has 0 aromatic heterocycles. The number of rotatable bonds is 2. The maximum atomic E-state index is 12.4. The molecule has 5 heteroatoms. The summed E-state index contributed by atoms with van der Waals surface area (Å²) in [4.78, 5) is 0. The lowest BCUT2D eigenvalue weighted by molar-refractivity contribution is -0.274. The van der Waals surface area contributed by atoms with Crippen molar-refractivity contribution in [3.8, 4) is 16.9 Å². The van der Waals surface area contributed by atoms with E-state index in [4.69, 9.17) is 0 Å². The summed E-state index contributed by atoms with van der Waals surface area (Å²) in [7, 11) is 0. The van der Waals surface area contributed by atoms with Gasteiger partial charge in [-0.15, -0.1) is 13.2 Å². The van der Waals surface area contributed by atoms with Gasteiger partial charge in [0.15, 0.2) is 0 Å². The van der Waals surface area contributed by atoms with Crippen molar-refractivity contribution in [1.29, 1.82) is 0 Å². The lowest BCUT2D eigenvalue weighted by atomic mass is 10.00. The van der Waals surface area contributed by atoms with Gasteiger partial charge < -0.3 is 10.1 Å². The largest absolute Gasteiger partial charge is 0.573 e. The topological polar surface area (TPSA) is 21.3 Å². The second-order valence-corrected chi connectivity index (χ2v) is 4.63. The number of nitrogens with one attached hydrogen (secondary N) is 1. The number of hydrogen-bond donors (Lipinski definition) is 1. The normalized spacial score (nSPS) is 14.2. The van der Waals surface area contributed by atoms with Crippen molar-refractivity contribution in [2.75, 3.05) is 0 Å². The van der Waals surface area contributed by atoms with Gasteiger partial charge in [0.2, 0.25) is 0 Å². The lowest BCUT2D eigenvalue weighted by Gasteiger charge is -2.13. The number of hydrogen-bond acceptors (Lipinski definition) is 2. The zero-order valence-corrected chi connectivity index (χ0v) is 10.5. The zero-order chi connectivity index (χ0) is 14.2. The third-order valence-electron chi connectivity index (χ3n) is 3.26. The molecule has 0 bridgehead atoms. The van der Waals surface area contributed by atoms with Crippen LogP contribution in [0, 0.1) is 0 Å². The van der Waals surface area contributed by atoms with Gasteiger partial charge in [-0.25, -0.2) is 0 Å². The first-order valence-electron chi connectivity index (χ1n) is 6.20. The van der Waals surface area contributed by atoms with Crippen LogP contribution in [0.4, 0.5) is 13.2 Å². The maximum Gasteiger partial charge on any atom is 0.573 e. The van der Waals surface area contributed by atoms with E-state index < -0.39 is 6.36 Å². The van der Waals surface area contributed by atoms with Gasteiger partial charge >= 0.3 is 6.36 Å². The molecule has 2 nitrogen and oxygen atoms in total. The average molecular weight is 279 g/mol. The minimum absolute atomic E-state index is 0.175. The summed E-state index contributed by atoms with van der Waals surface area (Å²) in [5.74, 6) is -0.175. The highest BCUT2D eigenvalue weighted by Gasteiger charge is 2.32. The van der Waals surface area contributed by atoms with E-state index in [-0.39, 0.29) is 5.75 Å². The fourth-order valence-electron chi connectivity index (χ4n) is 2.38. The molecule has 0 aliphatic carbocycles. The summed E-state index contributed by atoms with van der Waals surface area (Å²) in [5.41, 5.74) is 3.47. The van der Waals surface area contributed by atoms with Gasteiger partial charge in [0.25, 0.3) is 0 Å². The molecule has 0 saturated heterocycles. The predicted octanol–water partition coefficient (Wildman–Crippen LogP) is 3.86. The molecule has 1 aliphatic heterocycles. The molecule has 0 fully saturated rings. The first kappa shape index (κ1) is 13.0. The highest BCUT2D eigenvalue weighted by molar-refractivity contribution is 5.71. The Balaban J connectivity index is 2.02. The van der Waals surface area contributed by atoms with E-state index in [1.807, 2.05) is 18.2 Å². The number of ether oxygens (including phenoxy) is 1. The van der Waals surface area contributed by atoms with E-state index in [1.54, 1.807) is 12.1 Å². The number of benzene rings is 2. The molecule has 0 amide bonds. The van der Waals surface area contributed by atoms with Gasteiger partial charge in [-0.2, -0.15) is 0 Å². The number of fused-ring (bicyclic) bond motifs is 1. The molecule has 1 N–H and O–H groups in total. The minimum atomic E-state index is -4.69. The standard InChI is InChI=1S/C15H12F3NO/c16-15(17,18)20-14-4-2-1-3-13(14)10-5-6-11-8-19-9-12(11)7-10/h1-7,19H,8-9H2. The van der Waals surface area contributed by atoms with Crippen LogP contribution in [-0.2, 0) is 13.1 Å². The molecule has 104 valence electrons. The van der Waals surface area contributed by atoms with Crippen molar-refractivity contribution >= 4 is 0 Å². The van der Waals surface area contributed by atoms with Gasteiger partial charge in [0.1, 0.15) is 5.75 Å². The molecule has 0 radical (unpaired) electrons. The third kappa shape index (κ3) is 2.63. The van der Waals surface area contributed by atoms with Gasteiger partial charge in [0, 0.05) is 18.7 Å². The summed E-state index contributed by atoms with van der Waals surface area (Å²) in [6.45, 7) is 1.54. The Hall–Kier alpha value is -2.01. The Kier molecular flexibility index (Phi) is 3.14. The Labute approximate surface area is 114 Å². The van der Waals surface area contributed by atoms with Gasteiger partial charge in [-0.3, -0.25) is 0 Å². The molecule has 3 rings (SSSR count). The van der Waals surface area contributed by atoms with E-state index in [2.05, 4.69) is 10.1 Å². The van der Waals surface area contributed by atoms with E-state index in [9.17, 15) is 13.2 Å². The van der Waals surface area contributed by atoms with Crippen LogP contribution in [-0.4, -0.2) is 6.36 Å². The van der Waals surface area contributed by atoms with Crippen LogP contribution in [0.2, 0.25) is 0 Å². The first-order chi connectivity index (χ1) is 9.53. The van der Waals surface area contributed by atoms with Crippen molar-refractivity contribution in [1.82, 2.24) is 5.32 Å². The summed E-state index contributed by atoms with van der Waals surface area (Å²) >= 11 is 0. The molecule has 2 aromatic carbocycles. The second kappa shape index (κ2) is 4.83. The molecular weight excluding hydrogens is 267 g/mol. The Morgan fingerprint density at radius 3 is 2.50 bits per heavy atom. The predicted molar refractivity (Wildman–Crippen MR) is 69.1 cm³/mol. The van der Waals surface area contributed by atoms with Crippen LogP contribution in [0.25, 0.3) is 11.1 Å². The van der Waals surface area contributed by atoms with Crippen LogP contribution >= 0.6 is 0 Å². The summed E-state index contributed by atoms with van der Waals surface area (Å²) in [5, 5.41) is 3.21. The zero-order valence-electron chi connectivity index (χ0n) is 10.5. The Morgan fingerprint density at radius 1 is 0.950 bits per heavy atom. The van der Waals surface area contributed by atoms with Crippen LogP contribution < -0.4 is 10.1 Å². The van der Waals surface area contributed by atoms with E-state index in [0.717, 1.165) is 24.2 Å². The van der Waals surface area contributed by atoms with Crippen LogP contribution in [0.3, 0.4) is 0 Å². The molecule has 20 heavy (non-hydrogen) atoms. The van der Waals surface area contributed by atoms with Gasteiger partial charge in [-0.05, 0) is 28.8 Å². The van der Waals surface area contributed by atoms with Crippen LogP contribution in [0.5, 0.6) is 5.75 Å². The van der Waals surface area contributed by atoms with Crippen molar-refractivity contribution in [2.45, 2.75) is 19.5 Å². The Morgan fingerprint density at radius 2 is 1.70 bits per heavy atom.